The molecule has 0 bridgehead atoms. The molecule has 0 radical (unpaired) electrons. The molecule has 0 spiro atoms. The quantitative estimate of drug-likeness (QED) is 0.321. The van der Waals surface area contributed by atoms with E-state index < -0.39 is 15.9 Å². The summed E-state index contributed by atoms with van der Waals surface area (Å²) >= 11 is 0. The molecule has 0 heterocycles. The van der Waals surface area contributed by atoms with Crippen molar-refractivity contribution in [3.8, 4) is 0 Å². The summed E-state index contributed by atoms with van der Waals surface area (Å²) in [6.45, 7) is 6.96. The fourth-order valence-electron chi connectivity index (χ4n) is 9.14. The zero-order valence-electron chi connectivity index (χ0n) is 22.0. The maximum absolute atomic E-state index is 12.2. The Kier molecular flexibility index (Phi) is 9.54. The van der Waals surface area contributed by atoms with Crippen molar-refractivity contribution < 1.29 is 57.5 Å². The van der Waals surface area contributed by atoms with Gasteiger partial charge in [0, 0.05) is 13.0 Å². The summed E-state index contributed by atoms with van der Waals surface area (Å²) in [7, 11) is -4.31. The Morgan fingerprint density at radius 2 is 1.71 bits per heavy atom. The van der Waals surface area contributed by atoms with Crippen molar-refractivity contribution in [2.75, 3.05) is 12.3 Å². The molecular weight excluding hydrogens is 477 g/mol. The van der Waals surface area contributed by atoms with Gasteiger partial charge < -0.3 is 20.1 Å². The van der Waals surface area contributed by atoms with Crippen LogP contribution in [0.1, 0.15) is 85.0 Å². The Morgan fingerprint density at radius 3 is 2.40 bits per heavy atom. The summed E-state index contributed by atoms with van der Waals surface area (Å²) in [6, 6.07) is 0. The molecule has 7 nitrogen and oxygen atoms in total. The molecule has 3 unspecified atom stereocenters. The molecule has 4 saturated carbocycles. The van der Waals surface area contributed by atoms with Crippen molar-refractivity contribution in [3.63, 3.8) is 0 Å². The molecule has 3 N–H and O–H groups in total. The molecule has 4 fully saturated rings. The molecule has 9 heteroatoms. The van der Waals surface area contributed by atoms with E-state index in [1.165, 1.54) is 6.42 Å². The van der Waals surface area contributed by atoms with Crippen LogP contribution in [0, 0.1) is 46.3 Å². The molecule has 0 aromatic heterocycles. The van der Waals surface area contributed by atoms with Crippen LogP contribution in [-0.2, 0) is 14.9 Å². The fourth-order valence-corrected chi connectivity index (χ4v) is 9.49. The fraction of sp³-hybridized carbons (Fsp3) is 0.962. The number of aliphatic hydroxyl groups is 2. The van der Waals surface area contributed by atoms with Crippen molar-refractivity contribution in [3.05, 3.63) is 0 Å². The predicted molar refractivity (Wildman–Crippen MR) is 129 cm³/mol. The van der Waals surface area contributed by atoms with Crippen LogP contribution in [0.3, 0.4) is 0 Å². The molecular formula is C26H44NNaO6S. The van der Waals surface area contributed by atoms with Gasteiger partial charge in [-0.3, -0.25) is 4.79 Å². The van der Waals surface area contributed by atoms with Gasteiger partial charge in [0.2, 0.25) is 5.91 Å². The van der Waals surface area contributed by atoms with Gasteiger partial charge in [0.25, 0.3) is 0 Å². The number of fused-ring (bicyclic) bond motifs is 5. The molecule has 0 aliphatic heterocycles. The summed E-state index contributed by atoms with van der Waals surface area (Å²) < 4.78 is 32.2. The first-order chi connectivity index (χ1) is 15.8. The number of nitrogens with one attached hydrogen (secondary N) is 1. The summed E-state index contributed by atoms with van der Waals surface area (Å²) in [5.41, 5.74) is 0.399. The number of hydrogen-bond donors (Lipinski definition) is 3. The average Bonchev–Trinajstić information content (AvgIpc) is 3.09. The van der Waals surface area contributed by atoms with Gasteiger partial charge in [-0.05, 0) is 104 Å². The molecule has 4 aliphatic rings. The smallest absolute Gasteiger partial charge is 0.748 e. The molecule has 0 aromatic rings. The largest absolute Gasteiger partial charge is 1.00 e. The third-order valence-electron chi connectivity index (χ3n) is 10.9. The summed E-state index contributed by atoms with van der Waals surface area (Å²) in [5, 5.41) is 24.2. The van der Waals surface area contributed by atoms with Crippen molar-refractivity contribution in [2.24, 2.45) is 46.3 Å². The van der Waals surface area contributed by atoms with Crippen LogP contribution in [-0.4, -0.2) is 53.6 Å². The van der Waals surface area contributed by atoms with E-state index >= 15 is 0 Å². The number of rotatable bonds is 7. The van der Waals surface area contributed by atoms with Crippen molar-refractivity contribution in [2.45, 2.75) is 97.2 Å². The number of amides is 1. The predicted octanol–water partition coefficient (Wildman–Crippen LogP) is 0.0587. The van der Waals surface area contributed by atoms with Crippen molar-refractivity contribution >= 4 is 16.0 Å². The zero-order valence-corrected chi connectivity index (χ0v) is 24.9. The number of carbonyl (C=O) groups excluding carboxylic acids is 1. The molecule has 4 aliphatic carbocycles. The normalized spacial score (nSPS) is 43.8. The monoisotopic (exact) mass is 521 g/mol. The molecule has 4 rings (SSSR count). The third kappa shape index (κ3) is 5.99. The minimum absolute atomic E-state index is 0. The van der Waals surface area contributed by atoms with Crippen LogP contribution in [0.25, 0.3) is 0 Å². The first kappa shape index (κ1) is 29.9. The van der Waals surface area contributed by atoms with Crippen molar-refractivity contribution in [1.29, 1.82) is 0 Å². The number of carbonyl (C=O) groups is 1. The zero-order chi connectivity index (χ0) is 24.9. The first-order valence-corrected chi connectivity index (χ1v) is 15.0. The molecule has 35 heavy (non-hydrogen) atoms. The second-order valence-corrected chi connectivity index (χ2v) is 14.1. The van der Waals surface area contributed by atoms with Gasteiger partial charge >= 0.3 is 29.6 Å². The minimum Gasteiger partial charge on any atom is -0.748 e. The van der Waals surface area contributed by atoms with E-state index in [2.05, 4.69) is 26.1 Å². The molecule has 10 atom stereocenters. The standard InChI is InChI=1S/C26H45NO6S.Na/c1-16(4-7-23(30)27-12-13-34(31,32)33)19-5-6-20-24-21(9-11-26(19,20)3)25(2)10-8-18(28)14-17(25)15-22(24)29;/h16-22,24,28-29H,4-15H2,1-3H3,(H,27,30)(H,31,32,33);/q;+1/p-1/t16-,17+,18-,19-,20?,21?,22+,24?,25+,26-;/m1./s1. The first-order valence-electron chi connectivity index (χ1n) is 13.4. The van der Waals surface area contributed by atoms with E-state index in [9.17, 15) is 28.0 Å². The maximum Gasteiger partial charge on any atom is 1.00 e. The van der Waals surface area contributed by atoms with Crippen LogP contribution < -0.4 is 34.9 Å². The van der Waals surface area contributed by atoms with E-state index in [1.54, 1.807) is 0 Å². The average molecular weight is 522 g/mol. The van der Waals surface area contributed by atoms with Crippen LogP contribution in [0.4, 0.5) is 0 Å². The number of aliphatic hydroxyl groups excluding tert-OH is 2. The minimum atomic E-state index is -4.31. The van der Waals surface area contributed by atoms with Gasteiger partial charge in [-0.1, -0.05) is 20.8 Å². The number of hydrogen-bond acceptors (Lipinski definition) is 6. The van der Waals surface area contributed by atoms with Crippen LogP contribution in [0.5, 0.6) is 0 Å². The van der Waals surface area contributed by atoms with Crippen LogP contribution in [0.2, 0.25) is 0 Å². The van der Waals surface area contributed by atoms with Gasteiger partial charge in [0.1, 0.15) is 0 Å². The van der Waals surface area contributed by atoms with E-state index in [1.807, 2.05) is 0 Å². The summed E-state index contributed by atoms with van der Waals surface area (Å²) in [5.74, 6) is 1.92. The topological polar surface area (TPSA) is 127 Å². The second-order valence-electron chi connectivity index (χ2n) is 12.6. The maximum atomic E-state index is 12.2. The second kappa shape index (κ2) is 11.2. The Balaban J connectivity index is 0.00000342. The molecule has 0 aromatic carbocycles. The Labute approximate surface area is 233 Å². The Morgan fingerprint density at radius 1 is 1.06 bits per heavy atom. The van der Waals surface area contributed by atoms with E-state index in [4.69, 9.17) is 0 Å². The SMILES string of the molecule is C[C@H](CCC(=O)NCCS(=O)(=O)[O-])[C@H]1CCC2C3C(CC[C@@]21C)[C@@]1(C)CC[C@@H](O)C[C@H]1C[C@@H]3O.[Na+]. The van der Waals surface area contributed by atoms with Gasteiger partial charge in [0.15, 0.2) is 0 Å². The van der Waals surface area contributed by atoms with E-state index in [-0.39, 0.29) is 65.0 Å². The van der Waals surface area contributed by atoms with Crippen LogP contribution in [0.15, 0.2) is 0 Å². The van der Waals surface area contributed by atoms with Gasteiger partial charge in [0.05, 0.1) is 28.1 Å². The summed E-state index contributed by atoms with van der Waals surface area (Å²) in [6.07, 6.45) is 8.78. The third-order valence-corrected chi connectivity index (χ3v) is 11.6. The van der Waals surface area contributed by atoms with Crippen LogP contribution >= 0.6 is 0 Å². The molecule has 196 valence electrons. The van der Waals surface area contributed by atoms with E-state index in [0.29, 0.717) is 41.9 Å². The Bertz CT molecular complexity index is 870. The van der Waals surface area contributed by atoms with Gasteiger partial charge in [-0.2, -0.15) is 0 Å². The molecule has 0 saturated heterocycles. The van der Waals surface area contributed by atoms with Crippen molar-refractivity contribution in [1.82, 2.24) is 5.32 Å². The van der Waals surface area contributed by atoms with Gasteiger partial charge in [-0.25, -0.2) is 8.42 Å². The summed E-state index contributed by atoms with van der Waals surface area (Å²) in [4.78, 5) is 12.2. The molecule has 1 amide bonds. The van der Waals surface area contributed by atoms with E-state index in [0.717, 1.165) is 51.4 Å². The Hall–Kier alpha value is 0.300. The van der Waals surface area contributed by atoms with Gasteiger partial charge in [-0.15, -0.1) is 0 Å².